The monoisotopic (exact) mass is 412 g/mol. The fourth-order valence-corrected chi connectivity index (χ4v) is 3.12. The SMILES string of the molecule is COc1cc(Nc2c(C#N)cnc3cc(/C=C/C(=O)[O-])ccc23)c(Cl)cc1Cl. The molecule has 1 aromatic heterocycles. The van der Waals surface area contributed by atoms with E-state index < -0.39 is 5.97 Å². The number of hydrogen-bond acceptors (Lipinski definition) is 6. The van der Waals surface area contributed by atoms with Gasteiger partial charge in [0.25, 0.3) is 0 Å². The number of aliphatic carboxylic acids is 1. The normalized spacial score (nSPS) is 10.8. The fraction of sp³-hybridized carbons (Fsp3) is 0.0500. The van der Waals surface area contributed by atoms with Crippen molar-refractivity contribution in [1.29, 1.82) is 5.26 Å². The highest BCUT2D eigenvalue weighted by molar-refractivity contribution is 6.37. The number of ether oxygens (including phenoxy) is 1. The zero-order valence-corrected chi connectivity index (χ0v) is 16.0. The fourth-order valence-electron chi connectivity index (χ4n) is 2.61. The Bertz CT molecular complexity index is 1150. The first-order chi connectivity index (χ1) is 13.4. The van der Waals surface area contributed by atoms with Crippen molar-refractivity contribution in [2.75, 3.05) is 12.4 Å². The summed E-state index contributed by atoms with van der Waals surface area (Å²) in [5.41, 5.74) is 2.53. The Hall–Kier alpha value is -3.27. The molecule has 3 rings (SSSR count). The van der Waals surface area contributed by atoms with Gasteiger partial charge in [0, 0.05) is 17.6 Å². The number of nitrogens with zero attached hydrogens (tertiary/aromatic N) is 2. The van der Waals surface area contributed by atoms with Crippen molar-refractivity contribution in [2.24, 2.45) is 0 Å². The molecule has 0 aliphatic carbocycles. The van der Waals surface area contributed by atoms with Crippen molar-refractivity contribution >= 4 is 57.5 Å². The van der Waals surface area contributed by atoms with Crippen LogP contribution in [0, 0.1) is 11.3 Å². The van der Waals surface area contributed by atoms with Gasteiger partial charge in [-0.1, -0.05) is 41.4 Å². The molecule has 2 aromatic carbocycles. The highest BCUT2D eigenvalue weighted by atomic mass is 35.5. The minimum Gasteiger partial charge on any atom is -0.545 e. The summed E-state index contributed by atoms with van der Waals surface area (Å²) in [6, 6.07) is 10.4. The van der Waals surface area contributed by atoms with E-state index in [2.05, 4.69) is 16.4 Å². The molecule has 1 N–H and O–H groups in total. The Balaban J connectivity index is 2.12. The number of carboxylic acid groups (broad SMARTS) is 1. The van der Waals surface area contributed by atoms with Gasteiger partial charge in [0.15, 0.2) is 0 Å². The second-order valence-electron chi connectivity index (χ2n) is 5.68. The van der Waals surface area contributed by atoms with E-state index in [9.17, 15) is 15.2 Å². The van der Waals surface area contributed by atoms with Crippen LogP contribution < -0.4 is 15.2 Å². The third-order valence-corrected chi connectivity index (χ3v) is 4.53. The molecule has 0 radical (unpaired) electrons. The van der Waals surface area contributed by atoms with E-state index in [1.54, 1.807) is 30.3 Å². The number of carboxylic acids is 1. The molecule has 0 saturated heterocycles. The van der Waals surface area contributed by atoms with E-state index >= 15 is 0 Å². The lowest BCUT2D eigenvalue weighted by atomic mass is 10.1. The van der Waals surface area contributed by atoms with E-state index in [0.717, 1.165) is 6.08 Å². The van der Waals surface area contributed by atoms with Crippen molar-refractivity contribution in [2.45, 2.75) is 0 Å². The summed E-state index contributed by atoms with van der Waals surface area (Å²) in [6.07, 6.45) is 3.77. The van der Waals surface area contributed by atoms with Gasteiger partial charge in [-0.25, -0.2) is 0 Å². The molecule has 0 atom stereocenters. The summed E-state index contributed by atoms with van der Waals surface area (Å²) in [4.78, 5) is 14.9. The molecular weight excluding hydrogens is 401 g/mol. The number of anilines is 2. The van der Waals surface area contributed by atoms with Gasteiger partial charge in [-0.3, -0.25) is 4.98 Å². The van der Waals surface area contributed by atoms with Gasteiger partial charge in [-0.05, 0) is 23.8 Å². The van der Waals surface area contributed by atoms with Crippen molar-refractivity contribution < 1.29 is 14.6 Å². The van der Waals surface area contributed by atoms with Crippen LogP contribution in [-0.2, 0) is 4.79 Å². The molecule has 0 bridgehead atoms. The van der Waals surface area contributed by atoms with Crippen LogP contribution in [0.15, 0.2) is 42.6 Å². The van der Waals surface area contributed by atoms with Gasteiger partial charge < -0.3 is 20.0 Å². The van der Waals surface area contributed by atoms with Crippen LogP contribution in [0.2, 0.25) is 10.0 Å². The lowest BCUT2D eigenvalue weighted by Crippen LogP contribution is -2.18. The van der Waals surface area contributed by atoms with Crippen LogP contribution in [-0.4, -0.2) is 18.1 Å². The molecule has 0 amide bonds. The lowest BCUT2D eigenvalue weighted by molar-refractivity contribution is -0.297. The van der Waals surface area contributed by atoms with Crippen LogP contribution >= 0.6 is 23.2 Å². The first-order valence-electron chi connectivity index (χ1n) is 7.95. The number of pyridine rings is 1. The molecule has 0 saturated carbocycles. The largest absolute Gasteiger partial charge is 0.545 e. The van der Waals surface area contributed by atoms with Crippen molar-refractivity contribution in [3.63, 3.8) is 0 Å². The number of nitrogens with one attached hydrogen (secondary N) is 1. The molecule has 28 heavy (non-hydrogen) atoms. The summed E-state index contributed by atoms with van der Waals surface area (Å²) in [6.45, 7) is 0. The first kappa shape index (κ1) is 19.5. The molecule has 0 aliphatic heterocycles. The summed E-state index contributed by atoms with van der Waals surface area (Å²) in [7, 11) is 1.49. The number of rotatable bonds is 5. The number of carbonyl (C=O) groups excluding carboxylic acids is 1. The van der Waals surface area contributed by atoms with Gasteiger partial charge >= 0.3 is 0 Å². The van der Waals surface area contributed by atoms with Crippen molar-refractivity contribution in [3.8, 4) is 11.8 Å². The highest BCUT2D eigenvalue weighted by Crippen LogP contribution is 2.37. The Morgan fingerprint density at radius 2 is 2.07 bits per heavy atom. The maximum absolute atomic E-state index is 10.6. The summed E-state index contributed by atoms with van der Waals surface area (Å²) >= 11 is 12.4. The number of fused-ring (bicyclic) bond motifs is 1. The maximum Gasteiger partial charge on any atom is 0.139 e. The number of hydrogen-bond donors (Lipinski definition) is 1. The molecule has 6 nitrogen and oxygen atoms in total. The summed E-state index contributed by atoms with van der Waals surface area (Å²) < 4.78 is 5.22. The number of methoxy groups -OCH3 is 1. The first-order valence-corrected chi connectivity index (χ1v) is 8.70. The minimum atomic E-state index is -1.29. The van der Waals surface area contributed by atoms with Gasteiger partial charge in [0.2, 0.25) is 0 Å². The second-order valence-corrected chi connectivity index (χ2v) is 6.49. The van der Waals surface area contributed by atoms with Gasteiger partial charge in [-0.15, -0.1) is 0 Å². The summed E-state index contributed by atoms with van der Waals surface area (Å²) in [5.74, 6) is -0.860. The van der Waals surface area contributed by atoms with Crippen LogP contribution in [0.4, 0.5) is 11.4 Å². The van der Waals surface area contributed by atoms with E-state index in [0.29, 0.717) is 49.2 Å². The van der Waals surface area contributed by atoms with E-state index in [4.69, 9.17) is 27.9 Å². The Kier molecular flexibility index (Phi) is 5.69. The Morgan fingerprint density at radius 1 is 1.29 bits per heavy atom. The highest BCUT2D eigenvalue weighted by Gasteiger charge is 2.13. The van der Waals surface area contributed by atoms with Crippen molar-refractivity contribution in [3.05, 3.63) is 63.8 Å². The predicted molar refractivity (Wildman–Crippen MR) is 107 cm³/mol. The van der Waals surface area contributed by atoms with Crippen LogP contribution in [0.25, 0.3) is 17.0 Å². The number of carbonyl (C=O) groups is 1. The molecule has 0 spiro atoms. The molecule has 1 heterocycles. The average Bonchev–Trinajstić information content (AvgIpc) is 2.68. The number of nitriles is 1. The molecular formula is C20H12Cl2N3O3-. The third-order valence-electron chi connectivity index (χ3n) is 3.93. The molecule has 0 aliphatic rings. The van der Waals surface area contributed by atoms with E-state index in [1.165, 1.54) is 19.4 Å². The summed E-state index contributed by atoms with van der Waals surface area (Å²) in [5, 5.41) is 24.6. The van der Waals surface area contributed by atoms with E-state index in [1.807, 2.05) is 0 Å². The van der Waals surface area contributed by atoms with Crippen molar-refractivity contribution in [1.82, 2.24) is 4.98 Å². The molecule has 0 unspecified atom stereocenters. The topological polar surface area (TPSA) is 98.1 Å². The quantitative estimate of drug-likeness (QED) is 0.637. The van der Waals surface area contributed by atoms with Gasteiger partial charge in [-0.2, -0.15) is 5.26 Å². The smallest absolute Gasteiger partial charge is 0.139 e. The average molecular weight is 413 g/mol. The van der Waals surface area contributed by atoms with Crippen LogP contribution in [0.5, 0.6) is 5.75 Å². The predicted octanol–water partition coefficient (Wildman–Crippen LogP) is 3.93. The maximum atomic E-state index is 10.6. The molecule has 140 valence electrons. The van der Waals surface area contributed by atoms with Crippen LogP contribution in [0.3, 0.4) is 0 Å². The zero-order chi connectivity index (χ0) is 20.3. The Morgan fingerprint density at radius 3 is 2.75 bits per heavy atom. The van der Waals surface area contributed by atoms with E-state index in [-0.39, 0.29) is 0 Å². The number of halogens is 2. The van der Waals surface area contributed by atoms with Gasteiger partial charge in [0.1, 0.15) is 11.8 Å². The Labute approximate surface area is 170 Å². The number of aromatic nitrogens is 1. The van der Waals surface area contributed by atoms with Crippen LogP contribution in [0.1, 0.15) is 11.1 Å². The third kappa shape index (κ3) is 4.01. The number of benzene rings is 2. The minimum absolute atomic E-state index is 0.315. The molecule has 8 heteroatoms. The van der Waals surface area contributed by atoms with Gasteiger partial charge in [0.05, 0.1) is 45.6 Å². The standard InChI is InChI=1S/C20H13Cl2N3O3/c1-28-18-8-17(14(21)7-15(18)22)25-20-12(9-23)10-24-16-6-11(2-4-13(16)20)3-5-19(26)27/h2-8,10H,1H3,(H,24,25)(H,26,27)/p-1/b5-3+. The molecule has 3 aromatic rings. The molecule has 0 fully saturated rings. The second kappa shape index (κ2) is 8.17. The lowest BCUT2D eigenvalue weighted by Gasteiger charge is -2.14. The zero-order valence-electron chi connectivity index (χ0n) is 14.5.